The van der Waals surface area contributed by atoms with E-state index in [4.69, 9.17) is 10.5 Å². The highest BCUT2D eigenvalue weighted by Crippen LogP contribution is 2.33. The van der Waals surface area contributed by atoms with Gasteiger partial charge >= 0.3 is 6.03 Å². The Kier molecular flexibility index (Phi) is 4.99. The number of nitrogens with one attached hydrogen (secondary N) is 1. The zero-order chi connectivity index (χ0) is 19.5. The zero-order valence-corrected chi connectivity index (χ0v) is 15.8. The lowest BCUT2D eigenvalue weighted by molar-refractivity contribution is 0.212. The second-order valence-electron chi connectivity index (χ2n) is 6.74. The Morgan fingerprint density at radius 1 is 1.18 bits per heavy atom. The Morgan fingerprint density at radius 2 is 1.93 bits per heavy atom. The molecule has 2 aromatic carbocycles. The van der Waals surface area contributed by atoms with Gasteiger partial charge in [0.15, 0.2) is 0 Å². The van der Waals surface area contributed by atoms with E-state index in [-0.39, 0.29) is 6.03 Å². The van der Waals surface area contributed by atoms with Gasteiger partial charge in [-0.15, -0.1) is 0 Å². The molecule has 0 radical (unpaired) electrons. The Balaban J connectivity index is 1.55. The molecule has 0 bridgehead atoms. The number of urea groups is 1. The van der Waals surface area contributed by atoms with Crippen molar-refractivity contribution < 1.29 is 9.53 Å². The summed E-state index contributed by atoms with van der Waals surface area (Å²) in [6.07, 6.45) is 1.73. The maximum Gasteiger partial charge on any atom is 0.322 e. The summed E-state index contributed by atoms with van der Waals surface area (Å²) in [7, 11) is 1.87. The maximum absolute atomic E-state index is 12.8. The minimum Gasteiger partial charge on any atom is -0.492 e. The van der Waals surface area contributed by atoms with Gasteiger partial charge in [-0.05, 0) is 35.4 Å². The van der Waals surface area contributed by atoms with Crippen LogP contribution in [0.4, 0.5) is 10.5 Å². The van der Waals surface area contributed by atoms with E-state index in [1.54, 1.807) is 15.8 Å². The number of amides is 2. The van der Waals surface area contributed by atoms with Crippen molar-refractivity contribution in [1.82, 2.24) is 14.7 Å². The van der Waals surface area contributed by atoms with Crippen molar-refractivity contribution >= 4 is 11.7 Å². The van der Waals surface area contributed by atoms with E-state index in [0.29, 0.717) is 37.7 Å². The predicted octanol–water partition coefficient (Wildman–Crippen LogP) is 2.97. The number of benzene rings is 2. The van der Waals surface area contributed by atoms with Crippen molar-refractivity contribution in [2.45, 2.75) is 13.1 Å². The van der Waals surface area contributed by atoms with Crippen LogP contribution >= 0.6 is 0 Å². The molecule has 2 amide bonds. The normalized spacial score (nSPS) is 12.7. The molecule has 0 saturated heterocycles. The van der Waals surface area contributed by atoms with Crippen LogP contribution < -0.4 is 15.8 Å². The second kappa shape index (κ2) is 7.74. The molecule has 0 spiro atoms. The van der Waals surface area contributed by atoms with Crippen LogP contribution in [0.3, 0.4) is 0 Å². The summed E-state index contributed by atoms with van der Waals surface area (Å²) in [5, 5.41) is 7.23. The minimum absolute atomic E-state index is 0.122. The van der Waals surface area contributed by atoms with Gasteiger partial charge in [-0.2, -0.15) is 5.10 Å². The molecule has 0 saturated carbocycles. The van der Waals surface area contributed by atoms with Crippen LogP contribution in [0.25, 0.3) is 11.3 Å². The lowest BCUT2D eigenvalue weighted by Crippen LogP contribution is -2.30. The standard InChI is InChI=1S/C21H23N5O2/c1-25-19(8-10-23-25)18-12-17(6-7-20(18)28-11-9-22)24-21(27)26-13-15-4-2-3-5-16(15)14-26/h2-8,10,12H,9,11,13-14,22H2,1H3,(H,24,27). The lowest BCUT2D eigenvalue weighted by Gasteiger charge is -2.18. The molecule has 144 valence electrons. The van der Waals surface area contributed by atoms with Gasteiger partial charge in [-0.3, -0.25) is 4.68 Å². The molecule has 0 aliphatic carbocycles. The Morgan fingerprint density at radius 3 is 2.57 bits per heavy atom. The molecule has 3 N–H and O–H groups in total. The van der Waals surface area contributed by atoms with Gasteiger partial charge in [0.1, 0.15) is 12.4 Å². The Bertz CT molecular complexity index is 973. The number of rotatable bonds is 5. The fourth-order valence-electron chi connectivity index (χ4n) is 3.42. The molecule has 1 aliphatic heterocycles. The molecule has 0 unspecified atom stereocenters. The summed E-state index contributed by atoms with van der Waals surface area (Å²) in [5.74, 6) is 0.709. The molecule has 1 aromatic heterocycles. The summed E-state index contributed by atoms with van der Waals surface area (Å²) in [6, 6.07) is 15.5. The van der Waals surface area contributed by atoms with Crippen LogP contribution in [0.2, 0.25) is 0 Å². The molecule has 0 atom stereocenters. The number of aryl methyl sites for hydroxylation is 1. The van der Waals surface area contributed by atoms with Crippen LogP contribution in [0.5, 0.6) is 5.75 Å². The largest absolute Gasteiger partial charge is 0.492 e. The van der Waals surface area contributed by atoms with Crippen LogP contribution in [-0.2, 0) is 20.1 Å². The number of nitrogens with zero attached hydrogens (tertiary/aromatic N) is 3. The van der Waals surface area contributed by atoms with Crippen molar-refractivity contribution in [2.75, 3.05) is 18.5 Å². The van der Waals surface area contributed by atoms with Gasteiger partial charge in [0, 0.05) is 44.1 Å². The van der Waals surface area contributed by atoms with Crippen LogP contribution in [0.15, 0.2) is 54.7 Å². The van der Waals surface area contributed by atoms with Gasteiger partial charge in [0.2, 0.25) is 0 Å². The van der Waals surface area contributed by atoms with Crippen molar-refractivity contribution in [2.24, 2.45) is 12.8 Å². The summed E-state index contributed by atoms with van der Waals surface area (Å²) >= 11 is 0. The van der Waals surface area contributed by atoms with Crippen molar-refractivity contribution in [3.05, 3.63) is 65.9 Å². The molecule has 7 nitrogen and oxygen atoms in total. The molecule has 4 rings (SSSR count). The number of anilines is 1. The number of hydrogen-bond donors (Lipinski definition) is 2. The third kappa shape index (κ3) is 3.57. The summed E-state index contributed by atoms with van der Waals surface area (Å²) in [5.41, 5.74) is 10.4. The van der Waals surface area contributed by atoms with Crippen LogP contribution in [-0.4, -0.2) is 33.9 Å². The second-order valence-corrected chi connectivity index (χ2v) is 6.74. The molecule has 3 aromatic rings. The first-order chi connectivity index (χ1) is 13.7. The fourth-order valence-corrected chi connectivity index (χ4v) is 3.42. The summed E-state index contributed by atoms with van der Waals surface area (Å²) in [4.78, 5) is 14.6. The number of aromatic nitrogens is 2. The Hall–Kier alpha value is -3.32. The van der Waals surface area contributed by atoms with E-state index in [0.717, 1.165) is 11.3 Å². The van der Waals surface area contributed by atoms with E-state index in [1.807, 2.05) is 43.4 Å². The first kappa shape index (κ1) is 18.1. The molecule has 1 aliphatic rings. The average Bonchev–Trinajstić information content (AvgIpc) is 3.33. The SMILES string of the molecule is Cn1nccc1-c1cc(NC(=O)N2Cc3ccccc3C2)ccc1OCCN. The number of nitrogens with two attached hydrogens (primary N) is 1. The van der Waals surface area contributed by atoms with E-state index in [2.05, 4.69) is 22.5 Å². The van der Waals surface area contributed by atoms with E-state index >= 15 is 0 Å². The molecular formula is C21H23N5O2. The number of carbonyl (C=O) groups excluding carboxylic acids is 1. The van der Waals surface area contributed by atoms with Crippen molar-refractivity contribution in [3.8, 4) is 17.0 Å². The smallest absolute Gasteiger partial charge is 0.322 e. The third-order valence-electron chi connectivity index (χ3n) is 4.83. The topological polar surface area (TPSA) is 85.4 Å². The van der Waals surface area contributed by atoms with Gasteiger partial charge in [-0.25, -0.2) is 4.79 Å². The minimum atomic E-state index is -0.122. The number of hydrogen-bond acceptors (Lipinski definition) is 4. The van der Waals surface area contributed by atoms with Gasteiger partial charge < -0.3 is 20.7 Å². The Labute approximate surface area is 163 Å². The maximum atomic E-state index is 12.8. The van der Waals surface area contributed by atoms with Gasteiger partial charge in [0.25, 0.3) is 0 Å². The highest BCUT2D eigenvalue weighted by molar-refractivity contribution is 5.91. The lowest BCUT2D eigenvalue weighted by atomic mass is 10.1. The quantitative estimate of drug-likeness (QED) is 0.716. The average molecular weight is 377 g/mol. The zero-order valence-electron chi connectivity index (χ0n) is 15.8. The summed E-state index contributed by atoms with van der Waals surface area (Å²) in [6.45, 7) is 2.09. The van der Waals surface area contributed by atoms with Crippen LogP contribution in [0, 0.1) is 0 Å². The molecular weight excluding hydrogens is 354 g/mol. The number of ether oxygens (including phenoxy) is 1. The first-order valence-electron chi connectivity index (χ1n) is 9.23. The fraction of sp³-hybridized carbons (Fsp3) is 0.238. The van der Waals surface area contributed by atoms with Crippen LogP contribution in [0.1, 0.15) is 11.1 Å². The predicted molar refractivity (Wildman–Crippen MR) is 108 cm³/mol. The third-order valence-corrected chi connectivity index (χ3v) is 4.83. The summed E-state index contributed by atoms with van der Waals surface area (Å²) < 4.78 is 7.55. The monoisotopic (exact) mass is 377 g/mol. The molecule has 7 heteroatoms. The van der Waals surface area contributed by atoms with Crippen molar-refractivity contribution in [3.63, 3.8) is 0 Å². The highest BCUT2D eigenvalue weighted by atomic mass is 16.5. The van der Waals surface area contributed by atoms with E-state index < -0.39 is 0 Å². The highest BCUT2D eigenvalue weighted by Gasteiger charge is 2.23. The number of fused-ring (bicyclic) bond motifs is 1. The van der Waals surface area contributed by atoms with Gasteiger partial charge in [0.05, 0.1) is 5.69 Å². The van der Waals surface area contributed by atoms with Gasteiger partial charge in [-0.1, -0.05) is 24.3 Å². The molecule has 0 fully saturated rings. The number of carbonyl (C=O) groups is 1. The first-order valence-corrected chi connectivity index (χ1v) is 9.23. The molecule has 2 heterocycles. The van der Waals surface area contributed by atoms with E-state index in [1.165, 1.54) is 11.1 Å². The van der Waals surface area contributed by atoms with E-state index in [9.17, 15) is 4.79 Å². The van der Waals surface area contributed by atoms with Crippen molar-refractivity contribution in [1.29, 1.82) is 0 Å². The molecule has 28 heavy (non-hydrogen) atoms.